The Bertz CT molecular complexity index is 996. The summed E-state index contributed by atoms with van der Waals surface area (Å²) in [5.74, 6) is -0.611. The molecule has 0 bridgehead atoms. The van der Waals surface area contributed by atoms with Crippen LogP contribution in [0.25, 0.3) is 0 Å². The van der Waals surface area contributed by atoms with Crippen molar-refractivity contribution in [2.24, 2.45) is 11.3 Å². The molecule has 0 aromatic heterocycles. The van der Waals surface area contributed by atoms with Crippen LogP contribution in [0.15, 0.2) is 36.4 Å². The predicted molar refractivity (Wildman–Crippen MR) is 126 cm³/mol. The Morgan fingerprint density at radius 2 is 1.56 bits per heavy atom. The monoisotopic (exact) mass is 474 g/mol. The van der Waals surface area contributed by atoms with Crippen LogP contribution in [0.5, 0.6) is 11.5 Å². The minimum Gasteiger partial charge on any atom is -0.493 e. The number of aliphatic hydroxyl groups is 2. The molecule has 8 heteroatoms. The topological polar surface area (TPSA) is 112 Å². The second kappa shape index (κ2) is 11.9. The Hall–Kier alpha value is -3.10. The lowest BCUT2D eigenvalue weighted by atomic mass is 9.81. The Balaban J connectivity index is 2.21. The molecule has 0 spiro atoms. The highest BCUT2D eigenvalue weighted by Gasteiger charge is 2.37. The van der Waals surface area contributed by atoms with Gasteiger partial charge in [0, 0.05) is 5.41 Å². The van der Waals surface area contributed by atoms with E-state index in [2.05, 4.69) is 0 Å². The van der Waals surface area contributed by atoms with Gasteiger partial charge in [-0.25, -0.2) is 9.59 Å². The number of methoxy groups -OCH3 is 2. The van der Waals surface area contributed by atoms with Crippen molar-refractivity contribution in [3.05, 3.63) is 58.7 Å². The van der Waals surface area contributed by atoms with Crippen LogP contribution in [0, 0.1) is 11.3 Å². The number of aliphatic hydroxyl groups excluding tert-OH is 2. The Labute approximate surface area is 200 Å². The van der Waals surface area contributed by atoms with Crippen LogP contribution >= 0.6 is 0 Å². The summed E-state index contributed by atoms with van der Waals surface area (Å²) in [6.07, 6.45) is -0.607. The first kappa shape index (κ1) is 27.1. The average Bonchev–Trinajstić information content (AvgIpc) is 2.83. The molecule has 0 aliphatic carbocycles. The van der Waals surface area contributed by atoms with Gasteiger partial charge in [-0.3, -0.25) is 0 Å². The minimum absolute atomic E-state index is 0.0220. The number of rotatable bonds is 11. The fourth-order valence-corrected chi connectivity index (χ4v) is 4.00. The molecule has 0 aliphatic heterocycles. The fourth-order valence-electron chi connectivity index (χ4n) is 4.00. The van der Waals surface area contributed by atoms with Gasteiger partial charge in [-0.1, -0.05) is 45.9 Å². The first-order chi connectivity index (χ1) is 16.1. The molecular weight excluding hydrogens is 440 g/mol. The molecule has 0 saturated carbocycles. The van der Waals surface area contributed by atoms with Crippen LogP contribution in [0.3, 0.4) is 0 Å². The van der Waals surface area contributed by atoms with Crippen LogP contribution in [-0.4, -0.2) is 49.1 Å². The maximum absolute atomic E-state index is 13.0. The molecule has 0 amide bonds. The summed E-state index contributed by atoms with van der Waals surface area (Å²) in [6, 6.07) is 9.74. The van der Waals surface area contributed by atoms with Gasteiger partial charge in [0.25, 0.3) is 0 Å². The van der Waals surface area contributed by atoms with Crippen LogP contribution in [0.1, 0.15) is 59.5 Å². The third-order valence-electron chi connectivity index (χ3n) is 5.63. The molecule has 2 N–H and O–H groups in total. The fraction of sp³-hybridized carbons (Fsp3) is 0.462. The first-order valence-electron chi connectivity index (χ1n) is 11.0. The molecule has 0 saturated heterocycles. The number of esters is 2. The highest BCUT2D eigenvalue weighted by atomic mass is 16.6. The highest BCUT2D eigenvalue weighted by Crippen LogP contribution is 2.34. The number of carbonyl (C=O) groups excluding carboxylic acids is 2. The van der Waals surface area contributed by atoms with Gasteiger partial charge in [0.05, 0.1) is 33.0 Å². The SMILES string of the molecule is COc1cccc(C(=O)OCC(C)(C)C(OC(=O)c2cccc(CO)c2CO)C(C)C)c1OC. The van der Waals surface area contributed by atoms with E-state index in [0.29, 0.717) is 16.9 Å². The summed E-state index contributed by atoms with van der Waals surface area (Å²) in [5, 5.41) is 19.2. The number of hydrogen-bond donors (Lipinski definition) is 2. The van der Waals surface area contributed by atoms with E-state index in [1.54, 1.807) is 36.4 Å². The Morgan fingerprint density at radius 1 is 0.912 bits per heavy atom. The summed E-state index contributed by atoms with van der Waals surface area (Å²) in [4.78, 5) is 25.8. The Kier molecular flexibility index (Phi) is 9.46. The number of para-hydroxylation sites is 1. The zero-order valence-corrected chi connectivity index (χ0v) is 20.6. The molecule has 34 heavy (non-hydrogen) atoms. The molecule has 0 heterocycles. The van der Waals surface area contributed by atoms with Crippen molar-refractivity contribution in [1.82, 2.24) is 0 Å². The summed E-state index contributed by atoms with van der Waals surface area (Å²) in [5.41, 5.74) is 0.461. The van der Waals surface area contributed by atoms with Gasteiger partial charge in [0.1, 0.15) is 18.3 Å². The predicted octanol–water partition coefficient (Wildman–Crippen LogP) is 3.75. The first-order valence-corrected chi connectivity index (χ1v) is 11.0. The third-order valence-corrected chi connectivity index (χ3v) is 5.63. The molecule has 8 nitrogen and oxygen atoms in total. The normalized spacial score (nSPS) is 12.3. The standard InChI is InChI=1S/C26H34O8/c1-16(2)23(34-25(30)18-10-7-9-17(13-27)20(18)14-28)26(3,4)15-33-24(29)19-11-8-12-21(31-5)22(19)32-6/h7-12,16,23,27-28H,13-15H2,1-6H3. The largest absolute Gasteiger partial charge is 0.493 e. The summed E-state index contributed by atoms with van der Waals surface area (Å²) < 4.78 is 22.0. The van der Waals surface area contributed by atoms with E-state index in [9.17, 15) is 19.8 Å². The van der Waals surface area contributed by atoms with Gasteiger partial charge in [-0.15, -0.1) is 0 Å². The van der Waals surface area contributed by atoms with E-state index >= 15 is 0 Å². The van der Waals surface area contributed by atoms with Crippen molar-refractivity contribution in [3.8, 4) is 11.5 Å². The van der Waals surface area contributed by atoms with E-state index < -0.39 is 30.1 Å². The van der Waals surface area contributed by atoms with Crippen molar-refractivity contribution in [2.75, 3.05) is 20.8 Å². The second-order valence-electron chi connectivity index (χ2n) is 8.94. The van der Waals surface area contributed by atoms with Crippen molar-refractivity contribution < 1.29 is 38.7 Å². The molecule has 1 atom stereocenters. The number of benzene rings is 2. The molecule has 0 aliphatic rings. The summed E-state index contributed by atoms with van der Waals surface area (Å²) in [7, 11) is 2.93. The van der Waals surface area contributed by atoms with E-state index in [1.807, 2.05) is 27.7 Å². The van der Waals surface area contributed by atoms with E-state index in [0.717, 1.165) is 0 Å². The molecule has 2 aromatic rings. The van der Waals surface area contributed by atoms with Gasteiger partial charge in [-0.05, 0) is 35.2 Å². The zero-order valence-electron chi connectivity index (χ0n) is 20.6. The van der Waals surface area contributed by atoms with Gasteiger partial charge in [0.15, 0.2) is 11.5 Å². The average molecular weight is 475 g/mol. The number of hydrogen-bond acceptors (Lipinski definition) is 8. The molecule has 186 valence electrons. The van der Waals surface area contributed by atoms with E-state index in [1.165, 1.54) is 14.2 Å². The van der Waals surface area contributed by atoms with E-state index in [4.69, 9.17) is 18.9 Å². The number of carbonyl (C=O) groups is 2. The molecule has 2 aromatic carbocycles. The van der Waals surface area contributed by atoms with Gasteiger partial charge in [0.2, 0.25) is 0 Å². The second-order valence-corrected chi connectivity index (χ2v) is 8.94. The van der Waals surface area contributed by atoms with Gasteiger partial charge < -0.3 is 29.2 Å². The van der Waals surface area contributed by atoms with Crippen molar-refractivity contribution in [2.45, 2.75) is 47.0 Å². The van der Waals surface area contributed by atoms with Crippen LogP contribution in [0.2, 0.25) is 0 Å². The molecule has 1 unspecified atom stereocenters. The Morgan fingerprint density at radius 3 is 2.12 bits per heavy atom. The lowest BCUT2D eigenvalue weighted by molar-refractivity contribution is -0.0526. The number of ether oxygens (including phenoxy) is 4. The van der Waals surface area contributed by atoms with Crippen LogP contribution in [-0.2, 0) is 22.7 Å². The molecular formula is C26H34O8. The summed E-state index contributed by atoms with van der Waals surface area (Å²) in [6.45, 7) is 6.77. The lowest BCUT2D eigenvalue weighted by Crippen LogP contribution is -2.42. The third kappa shape index (κ3) is 6.07. The minimum atomic E-state index is -0.737. The summed E-state index contributed by atoms with van der Waals surface area (Å²) >= 11 is 0. The quantitative estimate of drug-likeness (QED) is 0.474. The van der Waals surface area contributed by atoms with Gasteiger partial charge >= 0.3 is 11.9 Å². The van der Waals surface area contributed by atoms with Crippen LogP contribution in [0.4, 0.5) is 0 Å². The van der Waals surface area contributed by atoms with Crippen molar-refractivity contribution >= 4 is 11.9 Å². The molecule has 0 fully saturated rings. The maximum atomic E-state index is 13.0. The van der Waals surface area contributed by atoms with Crippen LogP contribution < -0.4 is 9.47 Å². The van der Waals surface area contributed by atoms with E-state index in [-0.39, 0.29) is 36.0 Å². The molecule has 2 rings (SSSR count). The highest BCUT2D eigenvalue weighted by molar-refractivity contribution is 5.93. The maximum Gasteiger partial charge on any atom is 0.342 e. The smallest absolute Gasteiger partial charge is 0.342 e. The van der Waals surface area contributed by atoms with Gasteiger partial charge in [-0.2, -0.15) is 0 Å². The zero-order chi connectivity index (χ0) is 25.5. The van der Waals surface area contributed by atoms with Crippen molar-refractivity contribution in [3.63, 3.8) is 0 Å². The van der Waals surface area contributed by atoms with Crippen molar-refractivity contribution in [1.29, 1.82) is 0 Å². The lowest BCUT2D eigenvalue weighted by Gasteiger charge is -2.36. The molecule has 0 radical (unpaired) electrons.